The molecule has 0 radical (unpaired) electrons. The summed E-state index contributed by atoms with van der Waals surface area (Å²) in [6, 6.07) is 5.78. The molecular formula is C24H37N3O3. The van der Waals surface area contributed by atoms with Gasteiger partial charge in [0.2, 0.25) is 5.91 Å². The van der Waals surface area contributed by atoms with E-state index in [0.29, 0.717) is 24.4 Å². The van der Waals surface area contributed by atoms with Crippen molar-refractivity contribution in [2.75, 3.05) is 43.6 Å². The fourth-order valence-electron chi connectivity index (χ4n) is 4.44. The Labute approximate surface area is 180 Å². The Balaban J connectivity index is 1.74. The fraction of sp³-hybridized carbons (Fsp3) is 0.667. The van der Waals surface area contributed by atoms with Gasteiger partial charge in [0.05, 0.1) is 5.56 Å². The van der Waals surface area contributed by atoms with Crippen LogP contribution in [0, 0.1) is 11.8 Å². The molecule has 3 rings (SSSR count). The van der Waals surface area contributed by atoms with Crippen LogP contribution in [0.1, 0.15) is 68.6 Å². The zero-order valence-corrected chi connectivity index (χ0v) is 18.5. The summed E-state index contributed by atoms with van der Waals surface area (Å²) in [7, 11) is 1.66. The first kappa shape index (κ1) is 22.6. The summed E-state index contributed by atoms with van der Waals surface area (Å²) in [6.45, 7) is 5.39. The molecule has 0 aromatic heterocycles. The van der Waals surface area contributed by atoms with Crippen LogP contribution in [-0.2, 0) is 9.53 Å². The monoisotopic (exact) mass is 415 g/mol. The molecule has 1 heterocycles. The zero-order chi connectivity index (χ0) is 21.3. The maximum Gasteiger partial charge on any atom is 0.253 e. The van der Waals surface area contributed by atoms with Crippen molar-refractivity contribution in [3.63, 3.8) is 0 Å². The normalized spacial score (nSPS) is 18.3. The van der Waals surface area contributed by atoms with Crippen molar-refractivity contribution in [1.29, 1.82) is 0 Å². The van der Waals surface area contributed by atoms with E-state index in [0.717, 1.165) is 69.6 Å². The number of methoxy groups -OCH3 is 1. The number of ether oxygens (including phenoxy) is 1. The quantitative estimate of drug-likeness (QED) is 0.624. The third-order valence-corrected chi connectivity index (χ3v) is 6.42. The minimum atomic E-state index is -0.0894. The number of nitrogens with zero attached hydrogens (tertiary/aromatic N) is 1. The number of nitrogens with one attached hydrogen (secondary N) is 2. The standard InChI is InChI=1S/C24H37N3O3/c1-18-11-14-27(15-12-18)22-10-9-20(26-23(28)19-7-4-3-5-8-19)17-21(22)24(29)25-13-6-16-30-2/h9-10,17-19H,3-8,11-16H2,1-2H3,(H,25,29)(H,26,28). The van der Waals surface area contributed by atoms with E-state index in [4.69, 9.17) is 4.74 Å². The smallest absolute Gasteiger partial charge is 0.253 e. The largest absolute Gasteiger partial charge is 0.385 e. The first-order chi connectivity index (χ1) is 14.6. The van der Waals surface area contributed by atoms with Crippen LogP contribution in [-0.4, -0.2) is 45.2 Å². The molecular weight excluding hydrogens is 378 g/mol. The van der Waals surface area contributed by atoms with Crippen LogP contribution in [0.4, 0.5) is 11.4 Å². The summed E-state index contributed by atoms with van der Waals surface area (Å²) >= 11 is 0. The van der Waals surface area contributed by atoms with E-state index < -0.39 is 0 Å². The Kier molecular flexibility index (Phi) is 8.55. The van der Waals surface area contributed by atoms with Crippen molar-refractivity contribution in [2.24, 2.45) is 11.8 Å². The molecule has 1 saturated carbocycles. The summed E-state index contributed by atoms with van der Waals surface area (Å²) in [5.41, 5.74) is 2.31. The molecule has 1 aromatic rings. The van der Waals surface area contributed by atoms with Crippen molar-refractivity contribution in [3.05, 3.63) is 23.8 Å². The number of anilines is 2. The summed E-state index contributed by atoms with van der Waals surface area (Å²) in [5, 5.41) is 6.07. The average Bonchev–Trinajstić information content (AvgIpc) is 2.78. The van der Waals surface area contributed by atoms with E-state index in [9.17, 15) is 9.59 Å². The Morgan fingerprint density at radius 3 is 2.53 bits per heavy atom. The predicted molar refractivity (Wildman–Crippen MR) is 121 cm³/mol. The van der Waals surface area contributed by atoms with Gasteiger partial charge in [-0.05, 0) is 56.2 Å². The van der Waals surface area contributed by atoms with Gasteiger partial charge < -0.3 is 20.3 Å². The van der Waals surface area contributed by atoms with Crippen molar-refractivity contribution in [1.82, 2.24) is 5.32 Å². The summed E-state index contributed by atoms with van der Waals surface area (Å²) < 4.78 is 5.07. The van der Waals surface area contributed by atoms with E-state index in [1.165, 1.54) is 6.42 Å². The predicted octanol–water partition coefficient (Wildman–Crippen LogP) is 4.21. The van der Waals surface area contributed by atoms with Crippen molar-refractivity contribution in [3.8, 4) is 0 Å². The molecule has 0 unspecified atom stereocenters. The lowest BCUT2D eigenvalue weighted by Crippen LogP contribution is -2.35. The van der Waals surface area contributed by atoms with E-state index in [1.807, 2.05) is 18.2 Å². The van der Waals surface area contributed by atoms with Crippen LogP contribution in [0.15, 0.2) is 18.2 Å². The van der Waals surface area contributed by atoms with Gasteiger partial charge in [-0.2, -0.15) is 0 Å². The highest BCUT2D eigenvalue weighted by atomic mass is 16.5. The number of carbonyl (C=O) groups excluding carboxylic acids is 2. The number of amides is 2. The molecule has 2 amide bonds. The Morgan fingerprint density at radius 1 is 1.10 bits per heavy atom. The maximum atomic E-state index is 13.0. The second-order valence-electron chi connectivity index (χ2n) is 8.83. The molecule has 0 bridgehead atoms. The molecule has 1 aliphatic carbocycles. The van der Waals surface area contributed by atoms with Gasteiger partial charge in [-0.3, -0.25) is 9.59 Å². The van der Waals surface area contributed by atoms with E-state index in [-0.39, 0.29) is 17.7 Å². The number of hydrogen-bond donors (Lipinski definition) is 2. The topological polar surface area (TPSA) is 70.7 Å². The highest BCUT2D eigenvalue weighted by molar-refractivity contribution is 6.02. The molecule has 166 valence electrons. The van der Waals surface area contributed by atoms with E-state index in [1.54, 1.807) is 7.11 Å². The Bertz CT molecular complexity index is 708. The maximum absolute atomic E-state index is 13.0. The van der Waals surface area contributed by atoms with E-state index >= 15 is 0 Å². The van der Waals surface area contributed by atoms with Gasteiger partial charge in [0.15, 0.2) is 0 Å². The first-order valence-electron chi connectivity index (χ1n) is 11.6. The number of piperidine rings is 1. The zero-order valence-electron chi connectivity index (χ0n) is 18.5. The minimum Gasteiger partial charge on any atom is -0.385 e. The third kappa shape index (κ3) is 6.21. The van der Waals surface area contributed by atoms with Gasteiger partial charge in [-0.1, -0.05) is 26.2 Å². The molecule has 6 heteroatoms. The molecule has 1 aromatic carbocycles. The van der Waals surface area contributed by atoms with Crippen LogP contribution in [0.5, 0.6) is 0 Å². The molecule has 0 atom stereocenters. The SMILES string of the molecule is COCCCNC(=O)c1cc(NC(=O)C2CCCCC2)ccc1N1CCC(C)CC1. The molecule has 2 fully saturated rings. The van der Waals surface area contributed by atoms with Gasteiger partial charge in [-0.25, -0.2) is 0 Å². The highest BCUT2D eigenvalue weighted by Crippen LogP contribution is 2.30. The second-order valence-corrected chi connectivity index (χ2v) is 8.83. The van der Waals surface area contributed by atoms with Gasteiger partial charge in [0, 0.05) is 50.6 Å². The first-order valence-corrected chi connectivity index (χ1v) is 11.6. The lowest BCUT2D eigenvalue weighted by atomic mass is 9.88. The van der Waals surface area contributed by atoms with E-state index in [2.05, 4.69) is 22.5 Å². The lowest BCUT2D eigenvalue weighted by Gasteiger charge is -2.33. The van der Waals surface area contributed by atoms with Crippen molar-refractivity contribution < 1.29 is 14.3 Å². The summed E-state index contributed by atoms with van der Waals surface area (Å²) in [4.78, 5) is 28.0. The minimum absolute atomic E-state index is 0.0840. The molecule has 30 heavy (non-hydrogen) atoms. The summed E-state index contributed by atoms with van der Waals surface area (Å²) in [6.07, 6.45) is 8.44. The number of hydrogen-bond acceptors (Lipinski definition) is 4. The average molecular weight is 416 g/mol. The van der Waals surface area contributed by atoms with Gasteiger partial charge >= 0.3 is 0 Å². The van der Waals surface area contributed by atoms with Crippen molar-refractivity contribution >= 4 is 23.2 Å². The molecule has 0 spiro atoms. The molecule has 2 N–H and O–H groups in total. The fourth-order valence-corrected chi connectivity index (χ4v) is 4.44. The molecule has 2 aliphatic rings. The number of carbonyl (C=O) groups is 2. The second kappa shape index (κ2) is 11.3. The van der Waals surface area contributed by atoms with Crippen LogP contribution in [0.2, 0.25) is 0 Å². The molecule has 1 aliphatic heterocycles. The van der Waals surface area contributed by atoms with Gasteiger partial charge in [0.1, 0.15) is 0 Å². The van der Waals surface area contributed by atoms with Crippen LogP contribution in [0.25, 0.3) is 0 Å². The number of rotatable bonds is 8. The van der Waals surface area contributed by atoms with Gasteiger partial charge in [0.25, 0.3) is 5.91 Å². The van der Waals surface area contributed by atoms with Crippen LogP contribution in [0.3, 0.4) is 0 Å². The van der Waals surface area contributed by atoms with Crippen molar-refractivity contribution in [2.45, 2.75) is 58.3 Å². The molecule has 1 saturated heterocycles. The summed E-state index contributed by atoms with van der Waals surface area (Å²) in [5.74, 6) is 0.809. The highest BCUT2D eigenvalue weighted by Gasteiger charge is 2.24. The Hall–Kier alpha value is -2.08. The molecule has 6 nitrogen and oxygen atoms in total. The van der Waals surface area contributed by atoms with Crippen LogP contribution >= 0.6 is 0 Å². The van der Waals surface area contributed by atoms with Crippen LogP contribution < -0.4 is 15.5 Å². The number of benzene rings is 1. The Morgan fingerprint density at radius 2 is 1.83 bits per heavy atom. The lowest BCUT2D eigenvalue weighted by molar-refractivity contribution is -0.120. The third-order valence-electron chi connectivity index (χ3n) is 6.42. The van der Waals surface area contributed by atoms with Gasteiger partial charge in [-0.15, -0.1) is 0 Å².